The van der Waals surface area contributed by atoms with Crippen LogP contribution in [0.2, 0.25) is 0 Å². The molecule has 0 spiro atoms. The molecule has 4 nitrogen and oxygen atoms in total. The van der Waals surface area contributed by atoms with Crippen molar-refractivity contribution < 1.29 is 13.2 Å². The maximum Gasteiger partial charge on any atom is 0.433 e. The Morgan fingerprint density at radius 1 is 1.44 bits per heavy atom. The molecule has 102 valence electrons. The molecule has 1 atom stereocenters. The summed E-state index contributed by atoms with van der Waals surface area (Å²) in [7, 11) is 3.77. The second kappa shape index (κ2) is 5.43. The van der Waals surface area contributed by atoms with Crippen LogP contribution < -0.4 is 11.1 Å². The van der Waals surface area contributed by atoms with E-state index in [-0.39, 0.29) is 17.4 Å². The van der Waals surface area contributed by atoms with Crippen molar-refractivity contribution in [1.82, 2.24) is 9.88 Å². The summed E-state index contributed by atoms with van der Waals surface area (Å²) in [5, 5.41) is 2.95. The van der Waals surface area contributed by atoms with E-state index in [1.54, 1.807) is 0 Å². The molecule has 1 aromatic rings. The fourth-order valence-electron chi connectivity index (χ4n) is 1.60. The number of nitrogens with zero attached hydrogens (tertiary/aromatic N) is 2. The summed E-state index contributed by atoms with van der Waals surface area (Å²) in [6, 6.07) is 0.910. The zero-order chi connectivity index (χ0) is 13.9. The van der Waals surface area contributed by atoms with Crippen molar-refractivity contribution in [3.05, 3.63) is 18.0 Å². The molecule has 0 saturated carbocycles. The molecule has 1 aromatic heterocycles. The van der Waals surface area contributed by atoms with Crippen molar-refractivity contribution in [3.63, 3.8) is 0 Å². The highest BCUT2D eigenvalue weighted by Crippen LogP contribution is 2.31. The summed E-state index contributed by atoms with van der Waals surface area (Å²) in [6.45, 7) is 2.55. The Morgan fingerprint density at radius 2 is 2.06 bits per heavy atom. The first-order valence-electron chi connectivity index (χ1n) is 5.44. The van der Waals surface area contributed by atoms with Crippen LogP contribution in [-0.2, 0) is 6.18 Å². The van der Waals surface area contributed by atoms with Crippen molar-refractivity contribution in [3.8, 4) is 0 Å². The number of pyridine rings is 1. The maximum absolute atomic E-state index is 12.5. The number of halogens is 3. The van der Waals surface area contributed by atoms with Crippen molar-refractivity contribution in [2.75, 3.05) is 31.7 Å². The quantitative estimate of drug-likeness (QED) is 0.872. The van der Waals surface area contributed by atoms with E-state index in [1.165, 1.54) is 0 Å². The van der Waals surface area contributed by atoms with Crippen LogP contribution in [0.15, 0.2) is 12.3 Å². The predicted molar refractivity (Wildman–Crippen MR) is 65.3 cm³/mol. The predicted octanol–water partition coefficient (Wildman–Crippen LogP) is 2.04. The summed E-state index contributed by atoms with van der Waals surface area (Å²) in [4.78, 5) is 5.21. The molecule has 0 aliphatic rings. The number of nitrogens with two attached hydrogens (primary N) is 1. The number of rotatable bonds is 4. The number of hydrogen-bond donors (Lipinski definition) is 2. The van der Waals surface area contributed by atoms with Crippen LogP contribution in [0.25, 0.3) is 0 Å². The number of anilines is 2. The Hall–Kier alpha value is -1.50. The number of nitrogen functional groups attached to an aromatic ring is 1. The first-order chi connectivity index (χ1) is 8.20. The summed E-state index contributed by atoms with van der Waals surface area (Å²) < 4.78 is 37.5. The number of likely N-dealkylation sites (N-methyl/N-ethyl adjacent to an activating group) is 1. The third-order valence-electron chi connectivity index (χ3n) is 2.27. The van der Waals surface area contributed by atoms with Gasteiger partial charge < -0.3 is 16.0 Å². The van der Waals surface area contributed by atoms with Gasteiger partial charge in [0.25, 0.3) is 0 Å². The zero-order valence-electron chi connectivity index (χ0n) is 10.5. The Bertz CT molecular complexity index is 404. The molecule has 0 aliphatic heterocycles. The van der Waals surface area contributed by atoms with Gasteiger partial charge in [-0.3, -0.25) is 0 Å². The van der Waals surface area contributed by atoms with Gasteiger partial charge in [0, 0.05) is 12.6 Å². The number of nitrogens with one attached hydrogen (secondary N) is 1. The Kier molecular flexibility index (Phi) is 4.39. The fraction of sp³-hybridized carbons (Fsp3) is 0.545. The van der Waals surface area contributed by atoms with Crippen LogP contribution in [-0.4, -0.2) is 36.6 Å². The van der Waals surface area contributed by atoms with Gasteiger partial charge in [0.05, 0.1) is 17.6 Å². The van der Waals surface area contributed by atoms with E-state index in [1.807, 2.05) is 25.9 Å². The summed E-state index contributed by atoms with van der Waals surface area (Å²) in [6.07, 6.45) is -3.44. The van der Waals surface area contributed by atoms with Crippen molar-refractivity contribution in [1.29, 1.82) is 0 Å². The lowest BCUT2D eigenvalue weighted by molar-refractivity contribution is -0.141. The Morgan fingerprint density at radius 3 is 2.56 bits per heavy atom. The third-order valence-corrected chi connectivity index (χ3v) is 2.27. The molecule has 0 aliphatic carbocycles. The van der Waals surface area contributed by atoms with Gasteiger partial charge in [-0.25, -0.2) is 4.98 Å². The van der Waals surface area contributed by atoms with Gasteiger partial charge in [-0.05, 0) is 27.1 Å². The minimum atomic E-state index is -4.46. The molecule has 0 aromatic carbocycles. The van der Waals surface area contributed by atoms with Crippen LogP contribution in [0.5, 0.6) is 0 Å². The van der Waals surface area contributed by atoms with Gasteiger partial charge in [0.2, 0.25) is 0 Å². The van der Waals surface area contributed by atoms with E-state index < -0.39 is 11.9 Å². The van der Waals surface area contributed by atoms with Gasteiger partial charge in [0.1, 0.15) is 5.69 Å². The number of hydrogen-bond acceptors (Lipinski definition) is 4. The largest absolute Gasteiger partial charge is 0.433 e. The third kappa shape index (κ3) is 4.06. The van der Waals surface area contributed by atoms with E-state index in [4.69, 9.17) is 5.73 Å². The lowest BCUT2D eigenvalue weighted by atomic mass is 10.2. The monoisotopic (exact) mass is 262 g/mol. The lowest BCUT2D eigenvalue weighted by Crippen LogP contribution is -2.30. The molecule has 0 fully saturated rings. The van der Waals surface area contributed by atoms with Crippen LogP contribution in [0.3, 0.4) is 0 Å². The molecule has 1 unspecified atom stereocenters. The highest BCUT2D eigenvalue weighted by atomic mass is 19.4. The Labute approximate surface area is 104 Å². The summed E-state index contributed by atoms with van der Waals surface area (Å²) in [5.41, 5.74) is 5.12. The van der Waals surface area contributed by atoms with Crippen LogP contribution in [0.1, 0.15) is 12.6 Å². The molecule has 18 heavy (non-hydrogen) atoms. The van der Waals surface area contributed by atoms with Gasteiger partial charge in [-0.15, -0.1) is 0 Å². The Balaban J connectivity index is 2.88. The highest BCUT2D eigenvalue weighted by molar-refractivity contribution is 5.65. The van der Waals surface area contributed by atoms with E-state index >= 15 is 0 Å². The molecule has 3 N–H and O–H groups in total. The molecule has 0 bridgehead atoms. The molecule has 0 radical (unpaired) electrons. The lowest BCUT2D eigenvalue weighted by Gasteiger charge is -2.20. The average molecular weight is 262 g/mol. The first kappa shape index (κ1) is 14.6. The molecule has 0 amide bonds. The topological polar surface area (TPSA) is 54.2 Å². The van der Waals surface area contributed by atoms with Crippen LogP contribution in [0.4, 0.5) is 24.5 Å². The molecular weight excluding hydrogens is 245 g/mol. The van der Waals surface area contributed by atoms with Gasteiger partial charge in [0.15, 0.2) is 0 Å². The SMILES string of the molecule is CC(CN(C)C)Nc1cc(C(F)(F)F)ncc1N. The maximum atomic E-state index is 12.5. The first-order valence-corrected chi connectivity index (χ1v) is 5.44. The zero-order valence-corrected chi connectivity index (χ0v) is 10.5. The van der Waals surface area contributed by atoms with Gasteiger partial charge in [-0.1, -0.05) is 0 Å². The van der Waals surface area contributed by atoms with Gasteiger partial charge in [-0.2, -0.15) is 13.2 Å². The second-order valence-electron chi connectivity index (χ2n) is 4.46. The van der Waals surface area contributed by atoms with Crippen molar-refractivity contribution in [2.45, 2.75) is 19.1 Å². The summed E-state index contributed by atoms with van der Waals surface area (Å²) in [5.74, 6) is 0. The van der Waals surface area contributed by atoms with Crippen molar-refractivity contribution in [2.24, 2.45) is 0 Å². The van der Waals surface area contributed by atoms with Crippen LogP contribution in [0, 0.1) is 0 Å². The molecular formula is C11H17F3N4. The molecule has 0 saturated heterocycles. The molecule has 7 heteroatoms. The highest BCUT2D eigenvalue weighted by Gasteiger charge is 2.33. The minimum Gasteiger partial charge on any atom is -0.396 e. The van der Waals surface area contributed by atoms with E-state index in [9.17, 15) is 13.2 Å². The molecule has 1 heterocycles. The van der Waals surface area contributed by atoms with Crippen LogP contribution >= 0.6 is 0 Å². The number of aromatic nitrogens is 1. The van der Waals surface area contributed by atoms with E-state index in [0.29, 0.717) is 6.54 Å². The fourth-order valence-corrected chi connectivity index (χ4v) is 1.60. The van der Waals surface area contributed by atoms with Crippen molar-refractivity contribution >= 4 is 11.4 Å². The smallest absolute Gasteiger partial charge is 0.396 e. The standard InChI is InChI=1S/C11H17F3N4/c1-7(6-18(2)3)17-9-4-10(11(12,13)14)16-5-8(9)15/h4-5,7H,6,15H2,1-3H3,(H,16,17). The second-order valence-corrected chi connectivity index (χ2v) is 4.46. The number of alkyl halides is 3. The normalized spacial score (nSPS) is 13.7. The average Bonchev–Trinajstić information content (AvgIpc) is 2.18. The summed E-state index contributed by atoms with van der Waals surface area (Å²) >= 11 is 0. The minimum absolute atomic E-state index is 0.0224. The molecule has 1 rings (SSSR count). The van der Waals surface area contributed by atoms with E-state index in [2.05, 4.69) is 10.3 Å². The van der Waals surface area contributed by atoms with Gasteiger partial charge >= 0.3 is 6.18 Å². The van der Waals surface area contributed by atoms with E-state index in [0.717, 1.165) is 12.3 Å².